The van der Waals surface area contributed by atoms with Gasteiger partial charge in [-0.2, -0.15) is 0 Å². The minimum Gasteiger partial charge on any atom is -0.336 e. The van der Waals surface area contributed by atoms with Crippen LogP contribution in [0, 0.1) is 0 Å². The van der Waals surface area contributed by atoms with Crippen molar-refractivity contribution >= 4 is 40.0 Å². The van der Waals surface area contributed by atoms with Crippen molar-refractivity contribution in [3.8, 4) is 0 Å². The van der Waals surface area contributed by atoms with Crippen LogP contribution < -0.4 is 4.90 Å². The zero-order valence-electron chi connectivity index (χ0n) is 16.5. The molecule has 0 atom stereocenters. The average molecular weight is 398 g/mol. The Balaban J connectivity index is 1.72. The highest BCUT2D eigenvalue weighted by molar-refractivity contribution is 7.14. The maximum atomic E-state index is 12.7. The Hall–Kier alpha value is -2.47. The third kappa shape index (κ3) is 4.87. The Morgan fingerprint density at radius 3 is 2.54 bits per heavy atom. The molecule has 0 saturated heterocycles. The third-order valence-corrected chi connectivity index (χ3v) is 5.91. The number of carbonyl (C=O) groups excluding carboxylic acids is 2. The minimum absolute atomic E-state index is 0.0374. The van der Waals surface area contributed by atoms with Crippen LogP contribution in [0.2, 0.25) is 0 Å². The maximum Gasteiger partial charge on any atom is 0.246 e. The van der Waals surface area contributed by atoms with E-state index in [0.717, 1.165) is 25.1 Å². The second-order valence-electron chi connectivity index (χ2n) is 6.99. The molecule has 3 rings (SSSR count). The Morgan fingerprint density at radius 1 is 1.18 bits per heavy atom. The molecule has 5 nitrogen and oxygen atoms in total. The fraction of sp³-hybridized carbons (Fsp3) is 0.409. The van der Waals surface area contributed by atoms with Gasteiger partial charge in [0, 0.05) is 31.0 Å². The van der Waals surface area contributed by atoms with E-state index in [0.29, 0.717) is 16.9 Å². The molecule has 1 aromatic heterocycles. The van der Waals surface area contributed by atoms with Crippen molar-refractivity contribution in [1.82, 2.24) is 9.88 Å². The number of para-hydroxylation sites is 1. The van der Waals surface area contributed by atoms with Crippen molar-refractivity contribution in [3.63, 3.8) is 0 Å². The molecule has 0 bridgehead atoms. The van der Waals surface area contributed by atoms with Crippen LogP contribution in [0.4, 0.5) is 10.8 Å². The third-order valence-electron chi connectivity index (χ3n) is 5.07. The molecule has 2 aromatic rings. The molecule has 28 heavy (non-hydrogen) atoms. The lowest BCUT2D eigenvalue weighted by molar-refractivity contribution is -0.128. The van der Waals surface area contributed by atoms with Crippen LogP contribution in [0.1, 0.15) is 51.6 Å². The van der Waals surface area contributed by atoms with Crippen molar-refractivity contribution in [2.75, 3.05) is 11.4 Å². The molecule has 0 N–H and O–H groups in total. The van der Waals surface area contributed by atoms with Gasteiger partial charge in [0.1, 0.15) is 0 Å². The van der Waals surface area contributed by atoms with E-state index in [2.05, 4.69) is 4.98 Å². The predicted octanol–water partition coefficient (Wildman–Crippen LogP) is 5.02. The first-order chi connectivity index (χ1) is 13.6. The highest BCUT2D eigenvalue weighted by Crippen LogP contribution is 2.29. The summed E-state index contributed by atoms with van der Waals surface area (Å²) in [5.41, 5.74) is 1.47. The lowest BCUT2D eigenvalue weighted by Crippen LogP contribution is -2.40. The summed E-state index contributed by atoms with van der Waals surface area (Å²) in [7, 11) is 0. The van der Waals surface area contributed by atoms with E-state index in [1.165, 1.54) is 37.5 Å². The van der Waals surface area contributed by atoms with Crippen molar-refractivity contribution < 1.29 is 9.59 Å². The molecule has 0 spiro atoms. The molecule has 148 valence electrons. The molecular weight excluding hydrogens is 370 g/mol. The van der Waals surface area contributed by atoms with Crippen LogP contribution in [0.25, 0.3) is 6.08 Å². The summed E-state index contributed by atoms with van der Waals surface area (Å²) in [4.78, 5) is 32.9. The highest BCUT2D eigenvalue weighted by atomic mass is 32.1. The first kappa shape index (κ1) is 20.3. The number of likely N-dealkylation sites (N-methyl/N-ethyl adjacent to an activating group) is 1. The van der Waals surface area contributed by atoms with E-state index in [1.54, 1.807) is 17.1 Å². The van der Waals surface area contributed by atoms with Gasteiger partial charge < -0.3 is 4.90 Å². The molecule has 1 fully saturated rings. The van der Waals surface area contributed by atoms with Gasteiger partial charge in [-0.15, -0.1) is 11.3 Å². The van der Waals surface area contributed by atoms with E-state index in [4.69, 9.17) is 0 Å². The van der Waals surface area contributed by atoms with E-state index in [-0.39, 0.29) is 11.8 Å². The molecule has 1 aliphatic rings. The number of rotatable bonds is 6. The molecule has 0 aliphatic heterocycles. The van der Waals surface area contributed by atoms with Crippen molar-refractivity contribution in [2.45, 2.75) is 52.0 Å². The summed E-state index contributed by atoms with van der Waals surface area (Å²) >= 11 is 1.39. The van der Waals surface area contributed by atoms with Crippen LogP contribution in [-0.4, -0.2) is 34.3 Å². The summed E-state index contributed by atoms with van der Waals surface area (Å²) in [6, 6.07) is 9.81. The minimum atomic E-state index is -0.0957. The zero-order valence-corrected chi connectivity index (χ0v) is 17.3. The molecule has 1 heterocycles. The number of hydrogen-bond donors (Lipinski definition) is 0. The number of thiazole rings is 1. The standard InChI is InChI=1S/C22H27N3O2S/c1-3-24(19-10-6-4-7-11-19)21(27)15-14-18-16-28-22(23-18)25(17(2)26)20-12-8-5-9-13-20/h5,8-9,12-16,19H,3-4,6-7,10-11H2,1-2H3/b15-14+. The van der Waals surface area contributed by atoms with Crippen molar-refractivity contribution in [2.24, 2.45) is 0 Å². The predicted molar refractivity (Wildman–Crippen MR) is 115 cm³/mol. The fourth-order valence-corrected chi connectivity index (χ4v) is 4.55. The van der Waals surface area contributed by atoms with Crippen LogP contribution >= 0.6 is 11.3 Å². The zero-order chi connectivity index (χ0) is 19.9. The molecule has 6 heteroatoms. The normalized spacial score (nSPS) is 14.9. The molecule has 1 saturated carbocycles. The van der Waals surface area contributed by atoms with Crippen LogP contribution in [0.5, 0.6) is 0 Å². The van der Waals surface area contributed by atoms with Gasteiger partial charge >= 0.3 is 0 Å². The number of anilines is 2. The number of benzene rings is 1. The van der Waals surface area contributed by atoms with E-state index in [1.807, 2.05) is 47.5 Å². The van der Waals surface area contributed by atoms with Crippen molar-refractivity contribution in [1.29, 1.82) is 0 Å². The van der Waals surface area contributed by atoms with Gasteiger partial charge in [0.25, 0.3) is 0 Å². The van der Waals surface area contributed by atoms with E-state index < -0.39 is 0 Å². The molecule has 1 aliphatic carbocycles. The first-order valence-corrected chi connectivity index (χ1v) is 10.8. The number of hydrogen-bond acceptors (Lipinski definition) is 4. The summed E-state index contributed by atoms with van der Waals surface area (Å²) in [6.07, 6.45) is 9.22. The number of carbonyl (C=O) groups is 2. The summed E-state index contributed by atoms with van der Waals surface area (Å²) in [5.74, 6) is -0.0583. The second kappa shape index (κ2) is 9.64. The van der Waals surface area contributed by atoms with Crippen LogP contribution in [0.3, 0.4) is 0 Å². The number of amides is 2. The molecule has 1 aromatic carbocycles. The molecule has 2 amide bonds. The lowest BCUT2D eigenvalue weighted by Gasteiger charge is -2.32. The fourth-order valence-electron chi connectivity index (χ4n) is 3.70. The Bertz CT molecular complexity index is 825. The Morgan fingerprint density at radius 2 is 1.89 bits per heavy atom. The van der Waals surface area contributed by atoms with Gasteiger partial charge in [0.2, 0.25) is 11.8 Å². The Labute approximate surface area is 170 Å². The smallest absolute Gasteiger partial charge is 0.246 e. The number of nitrogens with zero attached hydrogens (tertiary/aromatic N) is 3. The van der Waals surface area contributed by atoms with Crippen LogP contribution in [-0.2, 0) is 9.59 Å². The van der Waals surface area contributed by atoms with Crippen molar-refractivity contribution in [3.05, 3.63) is 47.5 Å². The van der Waals surface area contributed by atoms with Gasteiger partial charge in [-0.25, -0.2) is 4.98 Å². The van der Waals surface area contributed by atoms with Gasteiger partial charge in [-0.3, -0.25) is 14.5 Å². The highest BCUT2D eigenvalue weighted by Gasteiger charge is 2.22. The first-order valence-electron chi connectivity index (χ1n) is 9.90. The lowest BCUT2D eigenvalue weighted by atomic mass is 9.94. The van der Waals surface area contributed by atoms with E-state index >= 15 is 0 Å². The largest absolute Gasteiger partial charge is 0.336 e. The monoisotopic (exact) mass is 397 g/mol. The van der Waals surface area contributed by atoms with Gasteiger partial charge in [-0.05, 0) is 38.0 Å². The quantitative estimate of drug-likeness (QED) is 0.643. The molecular formula is C22H27N3O2S. The van der Waals surface area contributed by atoms with Gasteiger partial charge in [-0.1, -0.05) is 37.5 Å². The van der Waals surface area contributed by atoms with Gasteiger partial charge in [0.05, 0.1) is 11.4 Å². The SMILES string of the molecule is CCN(C(=O)/C=C/c1csc(N(C(C)=O)c2ccccc2)n1)C1CCCCC1. The average Bonchev–Trinajstić information content (AvgIpc) is 3.17. The Kier molecular flexibility index (Phi) is 6.98. The number of aromatic nitrogens is 1. The topological polar surface area (TPSA) is 53.5 Å². The second-order valence-corrected chi connectivity index (χ2v) is 7.83. The van der Waals surface area contributed by atoms with Crippen LogP contribution in [0.15, 0.2) is 41.8 Å². The molecule has 0 unspecified atom stereocenters. The molecule has 0 radical (unpaired) electrons. The van der Waals surface area contributed by atoms with E-state index in [9.17, 15) is 9.59 Å². The maximum absolute atomic E-state index is 12.7. The summed E-state index contributed by atoms with van der Waals surface area (Å²) in [6.45, 7) is 4.28. The van der Waals surface area contributed by atoms with Gasteiger partial charge in [0.15, 0.2) is 5.13 Å². The summed E-state index contributed by atoms with van der Waals surface area (Å²) in [5, 5.41) is 2.47. The summed E-state index contributed by atoms with van der Waals surface area (Å²) < 4.78 is 0.